The Morgan fingerprint density at radius 3 is 1.93 bits per heavy atom. The van der Waals surface area contributed by atoms with E-state index in [4.69, 9.17) is 3.58 Å². The van der Waals surface area contributed by atoms with E-state index in [0.717, 1.165) is 8.90 Å². The number of rotatable bonds is 3. The fourth-order valence-electron chi connectivity index (χ4n) is 0.926. The molecule has 10 heteroatoms. The highest BCUT2D eigenvalue weighted by Gasteiger charge is 2.27. The first kappa shape index (κ1) is 9.55. The summed E-state index contributed by atoms with van der Waals surface area (Å²) >= 11 is 0.299. The van der Waals surface area contributed by atoms with Gasteiger partial charge in [0.05, 0.1) is 0 Å². The molecular weight excluding hydrogens is 222 g/mol. The predicted octanol–water partition coefficient (Wildman–Crippen LogP) is -1.06. The maximum atomic E-state index is 12.2. The minimum absolute atomic E-state index is 0.299. The third-order valence-electron chi connectivity index (χ3n) is 1.57. The molecule has 0 radical (unpaired) electrons. The van der Waals surface area contributed by atoms with Crippen molar-refractivity contribution < 1.29 is 8.14 Å². The summed E-state index contributed by atoms with van der Waals surface area (Å²) in [6.07, 6.45) is 5.20. The van der Waals surface area contributed by atoms with E-state index in [-0.39, 0.29) is 0 Å². The van der Waals surface area contributed by atoms with Crippen molar-refractivity contribution in [1.82, 2.24) is 29.1 Å². The van der Waals surface area contributed by atoms with E-state index in [9.17, 15) is 4.57 Å². The van der Waals surface area contributed by atoms with Crippen LogP contribution >= 0.6 is 7.67 Å². The lowest BCUT2D eigenvalue weighted by Crippen LogP contribution is -2.09. The maximum Gasteiger partial charge on any atom is 0.425 e. The van der Waals surface area contributed by atoms with E-state index in [0.29, 0.717) is 16.6 Å². The van der Waals surface area contributed by atoms with Gasteiger partial charge in [0, 0.05) is 0 Å². The van der Waals surface area contributed by atoms with Crippen LogP contribution in [0.15, 0.2) is 25.3 Å². The predicted molar refractivity (Wildman–Crippen MR) is 48.1 cm³/mol. The van der Waals surface area contributed by atoms with Gasteiger partial charge in [-0.3, -0.25) is 0 Å². The summed E-state index contributed by atoms with van der Waals surface area (Å²) in [7, 11) is -3.26. The van der Waals surface area contributed by atoms with Crippen molar-refractivity contribution in [2.75, 3.05) is 0 Å². The molecule has 2 aromatic rings. The van der Waals surface area contributed by atoms with Gasteiger partial charge >= 0.3 is 24.3 Å². The van der Waals surface area contributed by atoms with Crippen LogP contribution in [-0.2, 0) is 8.14 Å². The Bertz CT molecular complexity index is 402. The van der Waals surface area contributed by atoms with E-state index in [1.54, 1.807) is 0 Å². The number of hydrogen-bond donors (Lipinski definition) is 0. The smallest absolute Gasteiger partial charge is 0.425 e. The third kappa shape index (κ3) is 1.40. The van der Waals surface area contributed by atoms with Crippen molar-refractivity contribution in [3.05, 3.63) is 25.3 Å². The quantitative estimate of drug-likeness (QED) is 0.491. The van der Waals surface area contributed by atoms with Gasteiger partial charge in [-0.05, 0) is 0 Å². The summed E-state index contributed by atoms with van der Waals surface area (Å²) in [6, 6.07) is 0. The lowest BCUT2D eigenvalue weighted by Gasteiger charge is -2.15. The van der Waals surface area contributed by atoms with Crippen LogP contribution in [0.5, 0.6) is 0 Å². The van der Waals surface area contributed by atoms with Crippen LogP contribution in [0.3, 0.4) is 0 Å². The summed E-state index contributed by atoms with van der Waals surface area (Å²) in [4.78, 5) is 7.40. The zero-order chi connectivity index (χ0) is 10.0. The second kappa shape index (κ2) is 3.63. The number of nitrogens with zero attached hydrogens (tertiary/aromatic N) is 6. The summed E-state index contributed by atoms with van der Waals surface area (Å²) in [5.74, 6) is 0. The highest BCUT2D eigenvalue weighted by Crippen LogP contribution is 2.45. The summed E-state index contributed by atoms with van der Waals surface area (Å²) in [6.45, 7) is 0. The van der Waals surface area contributed by atoms with Crippen LogP contribution in [0.1, 0.15) is 0 Å². The van der Waals surface area contributed by atoms with Gasteiger partial charge in [0.2, 0.25) is 0 Å². The molecule has 0 aliphatic carbocycles. The Morgan fingerprint density at radius 1 is 1.14 bits per heavy atom. The highest BCUT2D eigenvalue weighted by atomic mass is 31.2. The molecule has 0 aliphatic heterocycles. The molecule has 0 fully saturated rings. The molecule has 72 valence electrons. The molecule has 2 aromatic heterocycles. The standard InChI is InChI=1S/C4H5N6O2P.Al.2H/c11-13(12,9-3-5-1-7-9)10-4-6-2-8-10;;;/h1-4H,(H,11,12);;;/q;+1;;/p-1. The fourth-order valence-corrected chi connectivity index (χ4v) is 3.19. The molecular formula is C4H6AlN6O2P. The normalized spacial score (nSPS) is 11.7. The number of aromatic nitrogens is 6. The second-order valence-corrected chi connectivity index (χ2v) is 5.57. The summed E-state index contributed by atoms with van der Waals surface area (Å²) < 4.78 is 19.6. The van der Waals surface area contributed by atoms with E-state index >= 15 is 0 Å². The van der Waals surface area contributed by atoms with Crippen LogP contribution in [0.25, 0.3) is 0 Å². The molecule has 0 N–H and O–H groups in total. The van der Waals surface area contributed by atoms with Crippen LogP contribution in [-0.4, -0.2) is 45.7 Å². The van der Waals surface area contributed by atoms with Crippen molar-refractivity contribution in [1.29, 1.82) is 0 Å². The second-order valence-electron chi connectivity index (χ2n) is 2.30. The molecule has 0 atom stereocenters. The van der Waals surface area contributed by atoms with Crippen molar-refractivity contribution in [3.8, 4) is 0 Å². The van der Waals surface area contributed by atoms with Crippen molar-refractivity contribution in [2.45, 2.75) is 0 Å². The molecule has 0 aromatic carbocycles. The summed E-state index contributed by atoms with van der Waals surface area (Å²) in [5, 5.41) is 7.53. The van der Waals surface area contributed by atoms with Gasteiger partial charge in [-0.2, -0.15) is 19.1 Å². The molecule has 0 unspecified atom stereocenters. The molecule has 0 bridgehead atoms. The van der Waals surface area contributed by atoms with Crippen molar-refractivity contribution in [3.63, 3.8) is 0 Å². The van der Waals surface area contributed by atoms with Gasteiger partial charge in [0.25, 0.3) is 0 Å². The van der Waals surface area contributed by atoms with Crippen LogP contribution < -0.4 is 0 Å². The monoisotopic (exact) mass is 228 g/mol. The van der Waals surface area contributed by atoms with E-state index in [1.807, 2.05) is 0 Å². The first-order valence-corrected chi connectivity index (χ1v) is 5.99. The van der Waals surface area contributed by atoms with E-state index in [2.05, 4.69) is 20.2 Å². The largest absolute Gasteiger partial charge is 0.430 e. The third-order valence-corrected chi connectivity index (χ3v) is 4.92. The van der Waals surface area contributed by atoms with Crippen molar-refractivity contribution in [2.24, 2.45) is 0 Å². The Balaban J connectivity index is 2.51. The van der Waals surface area contributed by atoms with E-state index in [1.165, 1.54) is 25.3 Å². The minimum Gasteiger partial charge on any atom is -0.430 e. The highest BCUT2D eigenvalue weighted by molar-refractivity contribution is 7.56. The topological polar surface area (TPSA) is 87.7 Å². The van der Waals surface area contributed by atoms with Gasteiger partial charge in [-0.1, -0.05) is 0 Å². The Kier molecular flexibility index (Phi) is 2.48. The van der Waals surface area contributed by atoms with Gasteiger partial charge < -0.3 is 3.58 Å². The molecule has 0 saturated heterocycles. The Hall–Kier alpha value is -0.998. The minimum atomic E-state index is -3.26. The van der Waals surface area contributed by atoms with E-state index < -0.39 is 7.67 Å². The first-order chi connectivity index (χ1) is 6.77. The van der Waals surface area contributed by atoms with Gasteiger partial charge in [-0.25, -0.2) is 14.5 Å². The molecule has 0 amide bonds. The molecule has 2 rings (SSSR count). The zero-order valence-electron chi connectivity index (χ0n) is 7.26. The Morgan fingerprint density at radius 2 is 1.64 bits per heavy atom. The average molecular weight is 228 g/mol. The summed E-state index contributed by atoms with van der Waals surface area (Å²) in [5.41, 5.74) is 0. The van der Waals surface area contributed by atoms with Gasteiger partial charge in [0.1, 0.15) is 25.3 Å². The Labute approximate surface area is 87.2 Å². The van der Waals surface area contributed by atoms with Gasteiger partial charge in [-0.15, -0.1) is 0 Å². The number of hydrogen-bond acceptors (Lipinski definition) is 6. The molecule has 14 heavy (non-hydrogen) atoms. The maximum absolute atomic E-state index is 12.2. The fraction of sp³-hybridized carbons (Fsp3) is 0. The lowest BCUT2D eigenvalue weighted by molar-refractivity contribution is 0.465. The average Bonchev–Trinajstić information content (AvgIpc) is 2.88. The molecule has 8 nitrogen and oxygen atoms in total. The van der Waals surface area contributed by atoms with Crippen LogP contribution in [0.4, 0.5) is 0 Å². The van der Waals surface area contributed by atoms with Crippen LogP contribution in [0, 0.1) is 0 Å². The first-order valence-electron chi connectivity index (χ1n) is 3.64. The molecule has 0 saturated carbocycles. The zero-order valence-corrected chi connectivity index (χ0v) is 10.2. The molecule has 2 heterocycles. The van der Waals surface area contributed by atoms with Crippen LogP contribution in [0.2, 0.25) is 0 Å². The molecule has 0 aliphatic rings. The van der Waals surface area contributed by atoms with Crippen molar-refractivity contribution >= 4 is 24.3 Å². The molecule has 0 spiro atoms. The van der Waals surface area contributed by atoms with Gasteiger partial charge in [0.15, 0.2) is 0 Å². The SMILES string of the molecule is O=P([O][AlH2])(n1cncn1)n1cncn1. The lowest BCUT2D eigenvalue weighted by atomic mass is 11.3.